The molecule has 0 saturated carbocycles. The van der Waals surface area contributed by atoms with Crippen LogP contribution < -0.4 is 10.6 Å². The number of aromatic nitrogens is 4. The number of hydrogen-bond donors (Lipinski definition) is 4. The Kier molecular flexibility index (Phi) is 12.2. The van der Waals surface area contributed by atoms with Crippen molar-refractivity contribution >= 4 is 24.0 Å². The molecular formula is C37H45N9O6. The Morgan fingerprint density at radius 3 is 1.67 bits per heavy atom. The molecule has 2 fully saturated rings. The lowest BCUT2D eigenvalue weighted by Crippen LogP contribution is -2.55. The minimum absolute atomic E-state index is 0.116. The summed E-state index contributed by atoms with van der Waals surface area (Å²) in [6.45, 7) is 4.88. The lowest BCUT2D eigenvalue weighted by atomic mass is 10.0. The topological polar surface area (TPSA) is 178 Å². The average Bonchev–Trinajstić information content (AvgIpc) is 3.97. The van der Waals surface area contributed by atoms with E-state index in [4.69, 9.17) is 9.47 Å². The van der Waals surface area contributed by atoms with E-state index < -0.39 is 24.4 Å². The van der Waals surface area contributed by atoms with Crippen LogP contribution in [0.2, 0.25) is 0 Å². The molecule has 15 heteroatoms. The molecule has 3 aromatic rings. The van der Waals surface area contributed by atoms with E-state index in [-0.39, 0.29) is 29.8 Å². The Morgan fingerprint density at radius 1 is 0.769 bits per heavy atom. The van der Waals surface area contributed by atoms with E-state index >= 15 is 0 Å². The number of likely N-dealkylation sites (N-methyl/N-ethyl adjacent to an activating group) is 1. The van der Waals surface area contributed by atoms with Crippen molar-refractivity contribution < 1.29 is 28.7 Å². The number of hydrogen-bond acceptors (Lipinski definition) is 9. The zero-order chi connectivity index (χ0) is 37.4. The molecule has 2 saturated heterocycles. The Morgan fingerprint density at radius 2 is 1.23 bits per heavy atom. The average molecular weight is 712 g/mol. The number of imidazole rings is 2. The van der Waals surface area contributed by atoms with Crippen LogP contribution in [0.25, 0.3) is 0 Å². The number of nitrogens with one attached hydrogen (secondary N) is 4. The number of amides is 4. The number of H-pyrrole nitrogens is 2. The highest BCUT2D eigenvalue weighted by molar-refractivity contribution is 5.87. The molecule has 0 aliphatic carbocycles. The van der Waals surface area contributed by atoms with Crippen LogP contribution in [0.1, 0.15) is 85.8 Å². The Hall–Kier alpha value is -5.80. The molecule has 52 heavy (non-hydrogen) atoms. The zero-order valence-electron chi connectivity index (χ0n) is 30.3. The van der Waals surface area contributed by atoms with Gasteiger partial charge in [-0.25, -0.2) is 19.6 Å². The SMILES string of the molecule is COC(=O)NC(C(=O)N1CCCC1c1ncc(C#Cc2ccc(C#Cc3cnc(C4CCCN4C(=O)C(NC(=O)OC)N(C)C)[nH]3)cc2)[nH]1)C(C)C. The fourth-order valence-corrected chi connectivity index (χ4v) is 6.30. The van der Waals surface area contributed by atoms with Crippen molar-refractivity contribution in [3.05, 3.63) is 70.8 Å². The second kappa shape index (κ2) is 16.9. The summed E-state index contributed by atoms with van der Waals surface area (Å²) in [6, 6.07) is 6.34. The molecule has 4 unspecified atom stereocenters. The number of ether oxygens (including phenoxy) is 2. The molecule has 15 nitrogen and oxygen atoms in total. The van der Waals surface area contributed by atoms with Gasteiger partial charge in [0.25, 0.3) is 5.91 Å². The maximum atomic E-state index is 13.4. The second-order valence-electron chi connectivity index (χ2n) is 13.2. The first-order chi connectivity index (χ1) is 25.0. The molecule has 4 atom stereocenters. The minimum Gasteiger partial charge on any atom is -0.453 e. The van der Waals surface area contributed by atoms with Crippen LogP contribution in [0.4, 0.5) is 9.59 Å². The van der Waals surface area contributed by atoms with E-state index in [9.17, 15) is 19.2 Å². The van der Waals surface area contributed by atoms with E-state index in [1.807, 2.05) is 38.1 Å². The predicted octanol–water partition coefficient (Wildman–Crippen LogP) is 2.88. The summed E-state index contributed by atoms with van der Waals surface area (Å²) in [5.74, 6) is 13.3. The van der Waals surface area contributed by atoms with Crippen molar-refractivity contribution in [3.8, 4) is 23.7 Å². The van der Waals surface area contributed by atoms with Crippen molar-refractivity contribution in [3.63, 3.8) is 0 Å². The molecule has 0 radical (unpaired) electrons. The third kappa shape index (κ3) is 8.91. The van der Waals surface area contributed by atoms with Crippen LogP contribution in [0.15, 0.2) is 36.7 Å². The second-order valence-corrected chi connectivity index (χ2v) is 13.2. The smallest absolute Gasteiger partial charge is 0.408 e. The van der Waals surface area contributed by atoms with Gasteiger partial charge in [-0.15, -0.1) is 0 Å². The number of likely N-dealkylation sites (tertiary alicyclic amines) is 2. The first-order valence-corrected chi connectivity index (χ1v) is 17.2. The first kappa shape index (κ1) is 37.5. The van der Waals surface area contributed by atoms with Crippen LogP contribution in [0, 0.1) is 29.6 Å². The molecular weight excluding hydrogens is 666 g/mol. The number of nitrogens with zero attached hydrogens (tertiary/aromatic N) is 5. The normalized spacial score (nSPS) is 17.8. The van der Waals surface area contributed by atoms with Crippen molar-refractivity contribution in [1.82, 2.24) is 45.3 Å². The molecule has 0 bridgehead atoms. The lowest BCUT2D eigenvalue weighted by molar-refractivity contribution is -0.138. The summed E-state index contributed by atoms with van der Waals surface area (Å²) in [6.07, 6.45) is 4.26. The number of aromatic amines is 2. The molecule has 5 rings (SSSR count). The maximum absolute atomic E-state index is 13.4. The van der Waals surface area contributed by atoms with Crippen molar-refractivity contribution in [2.45, 2.75) is 63.8 Å². The lowest BCUT2D eigenvalue weighted by Gasteiger charge is -2.31. The minimum atomic E-state index is -0.867. The molecule has 2 aliphatic rings. The highest BCUT2D eigenvalue weighted by Gasteiger charge is 2.38. The number of benzene rings is 1. The van der Waals surface area contributed by atoms with Gasteiger partial charge in [0, 0.05) is 24.2 Å². The summed E-state index contributed by atoms with van der Waals surface area (Å²) in [5.41, 5.74) is 2.83. The van der Waals surface area contributed by atoms with Gasteiger partial charge in [0.05, 0.1) is 38.7 Å². The van der Waals surface area contributed by atoms with Gasteiger partial charge in [-0.3, -0.25) is 19.8 Å². The highest BCUT2D eigenvalue weighted by Crippen LogP contribution is 2.32. The fraction of sp³-hybridized carbons (Fsp3) is 0.459. The first-order valence-electron chi connectivity index (χ1n) is 17.2. The van der Waals surface area contributed by atoms with Gasteiger partial charge in [0.15, 0.2) is 6.17 Å². The van der Waals surface area contributed by atoms with E-state index in [1.165, 1.54) is 14.2 Å². The molecule has 4 amide bonds. The summed E-state index contributed by atoms with van der Waals surface area (Å²) >= 11 is 0. The third-order valence-corrected chi connectivity index (χ3v) is 9.04. The van der Waals surface area contributed by atoms with Gasteiger partial charge < -0.3 is 34.6 Å². The summed E-state index contributed by atoms with van der Waals surface area (Å²) in [5, 5.41) is 5.25. The van der Waals surface area contributed by atoms with E-state index in [0.717, 1.165) is 36.8 Å². The quantitative estimate of drug-likeness (QED) is 0.202. The molecule has 4 heterocycles. The van der Waals surface area contributed by atoms with Crippen LogP contribution in [0.3, 0.4) is 0 Å². The van der Waals surface area contributed by atoms with Gasteiger partial charge in [-0.1, -0.05) is 25.7 Å². The highest BCUT2D eigenvalue weighted by atomic mass is 16.5. The summed E-state index contributed by atoms with van der Waals surface area (Å²) in [4.78, 5) is 71.1. The van der Waals surface area contributed by atoms with Gasteiger partial charge in [0.2, 0.25) is 5.91 Å². The summed E-state index contributed by atoms with van der Waals surface area (Å²) in [7, 11) is 5.96. The summed E-state index contributed by atoms with van der Waals surface area (Å²) < 4.78 is 9.41. The third-order valence-electron chi connectivity index (χ3n) is 9.04. The fourth-order valence-electron chi connectivity index (χ4n) is 6.30. The molecule has 4 N–H and O–H groups in total. The monoisotopic (exact) mass is 711 g/mol. The molecule has 2 aromatic heterocycles. The number of methoxy groups -OCH3 is 2. The number of rotatable bonds is 8. The number of carbonyl (C=O) groups excluding carboxylic acids is 4. The molecule has 2 aliphatic heterocycles. The van der Waals surface area contributed by atoms with Crippen molar-refractivity contribution in [2.24, 2.45) is 5.92 Å². The van der Waals surface area contributed by atoms with Gasteiger partial charge in [-0.2, -0.15) is 0 Å². The maximum Gasteiger partial charge on any atom is 0.408 e. The standard InChI is InChI=1S/C37H45N9O6/c1-23(2)30(42-36(49)51-5)34(47)45-19-7-9-28(45)31-38-21-26(40-31)17-15-24-11-13-25(14-12-24)16-18-27-22-39-32(41-27)29-10-8-20-46(29)35(48)33(44(3)4)43-37(50)52-6/h11-14,21-23,28-30,33H,7-10,19-20H2,1-6H3,(H,38,40)(H,39,41)(H,42,49)(H,43,50). The number of carbonyl (C=O) groups is 4. The zero-order valence-corrected chi connectivity index (χ0v) is 30.3. The van der Waals surface area contributed by atoms with Crippen LogP contribution >= 0.6 is 0 Å². The molecule has 274 valence electrons. The Balaban J connectivity index is 1.20. The van der Waals surface area contributed by atoms with Crippen molar-refractivity contribution in [2.75, 3.05) is 41.4 Å². The predicted molar refractivity (Wildman–Crippen MR) is 190 cm³/mol. The van der Waals surface area contributed by atoms with Gasteiger partial charge in [-0.05, 0) is 81.8 Å². The molecule has 1 aromatic carbocycles. The number of alkyl carbamates (subject to hydrolysis) is 2. The van der Waals surface area contributed by atoms with E-state index in [1.54, 1.807) is 41.2 Å². The Labute approximate surface area is 303 Å². The molecule has 0 spiro atoms. The van der Waals surface area contributed by atoms with E-state index in [0.29, 0.717) is 36.1 Å². The van der Waals surface area contributed by atoms with Crippen LogP contribution in [-0.4, -0.2) is 112 Å². The van der Waals surface area contributed by atoms with Crippen molar-refractivity contribution in [1.29, 1.82) is 0 Å². The Bertz CT molecular complexity index is 1740. The van der Waals surface area contributed by atoms with E-state index in [2.05, 4.69) is 54.3 Å². The van der Waals surface area contributed by atoms with Gasteiger partial charge in [0.1, 0.15) is 29.1 Å². The van der Waals surface area contributed by atoms with Crippen LogP contribution in [0.5, 0.6) is 0 Å². The van der Waals surface area contributed by atoms with Crippen LogP contribution in [-0.2, 0) is 19.1 Å². The largest absolute Gasteiger partial charge is 0.453 e. The van der Waals surface area contributed by atoms with Gasteiger partial charge >= 0.3 is 12.2 Å².